The van der Waals surface area contributed by atoms with Gasteiger partial charge in [-0.2, -0.15) is 0 Å². The summed E-state index contributed by atoms with van der Waals surface area (Å²) in [5, 5.41) is 23.5. The monoisotopic (exact) mass is 293 g/mol. The van der Waals surface area contributed by atoms with Gasteiger partial charge >= 0.3 is 0 Å². The van der Waals surface area contributed by atoms with Crippen molar-refractivity contribution < 1.29 is 10.0 Å². The lowest BCUT2D eigenvalue weighted by Gasteiger charge is -2.37. The number of rotatable bonds is 8. The minimum Gasteiger partial charge on any atom is -0.395 e. The zero-order chi connectivity index (χ0) is 15.2. The number of nitrogens with one attached hydrogen (secondary N) is 1. The zero-order valence-corrected chi connectivity index (χ0v) is 12.4. The topological polar surface area (TPSA) is 78.6 Å². The number of aliphatic hydroxyl groups excluding tert-OH is 1. The fourth-order valence-corrected chi connectivity index (χ4v) is 2.68. The number of benzene rings is 1. The Morgan fingerprint density at radius 1 is 1.48 bits per heavy atom. The molecular weight excluding hydrogens is 270 g/mol. The molecule has 0 aromatic heterocycles. The molecule has 0 radical (unpaired) electrons. The normalized spacial score (nSPS) is 15.0. The standard InChI is InChI=1S/C15H23N3O3/c1-2-16-15-7-6-14(18(20)21)10-12(15)11-17(8-9-19)13-4-3-5-13/h6-7,10,13,16,19H,2-5,8-9,11H2,1H3. The van der Waals surface area contributed by atoms with Crippen molar-refractivity contribution in [2.75, 3.05) is 25.0 Å². The highest BCUT2D eigenvalue weighted by atomic mass is 16.6. The molecule has 0 aliphatic heterocycles. The van der Waals surface area contributed by atoms with E-state index in [9.17, 15) is 15.2 Å². The lowest BCUT2D eigenvalue weighted by Crippen LogP contribution is -2.41. The predicted molar refractivity (Wildman–Crippen MR) is 82.4 cm³/mol. The van der Waals surface area contributed by atoms with E-state index >= 15 is 0 Å². The van der Waals surface area contributed by atoms with Crippen molar-refractivity contribution in [3.05, 3.63) is 33.9 Å². The number of nitrogens with zero attached hydrogens (tertiary/aromatic N) is 2. The maximum absolute atomic E-state index is 11.0. The first-order valence-electron chi connectivity index (χ1n) is 7.51. The van der Waals surface area contributed by atoms with Gasteiger partial charge in [-0.05, 0) is 31.4 Å². The summed E-state index contributed by atoms with van der Waals surface area (Å²) >= 11 is 0. The van der Waals surface area contributed by atoms with Crippen LogP contribution < -0.4 is 5.32 Å². The molecule has 0 spiro atoms. The Hall–Kier alpha value is -1.66. The minimum atomic E-state index is -0.362. The molecule has 21 heavy (non-hydrogen) atoms. The van der Waals surface area contributed by atoms with Crippen molar-refractivity contribution >= 4 is 11.4 Å². The molecular formula is C15H23N3O3. The molecule has 116 valence electrons. The highest BCUT2D eigenvalue weighted by Gasteiger charge is 2.25. The summed E-state index contributed by atoms with van der Waals surface area (Å²) in [6.07, 6.45) is 3.51. The van der Waals surface area contributed by atoms with Crippen LogP contribution in [0.3, 0.4) is 0 Å². The van der Waals surface area contributed by atoms with Crippen LogP contribution in [0.1, 0.15) is 31.7 Å². The molecule has 0 atom stereocenters. The van der Waals surface area contributed by atoms with Gasteiger partial charge in [0.2, 0.25) is 0 Å². The third-order valence-corrected chi connectivity index (χ3v) is 4.02. The van der Waals surface area contributed by atoms with Crippen LogP contribution in [0.2, 0.25) is 0 Å². The Balaban J connectivity index is 2.21. The van der Waals surface area contributed by atoms with E-state index in [1.54, 1.807) is 12.1 Å². The number of nitro groups is 1. The van der Waals surface area contributed by atoms with Gasteiger partial charge in [-0.1, -0.05) is 6.42 Å². The number of non-ortho nitro benzene ring substituents is 1. The van der Waals surface area contributed by atoms with Crippen LogP contribution in [0, 0.1) is 10.1 Å². The van der Waals surface area contributed by atoms with Gasteiger partial charge in [0.15, 0.2) is 0 Å². The molecule has 1 saturated carbocycles. The molecule has 2 N–H and O–H groups in total. The molecule has 1 aliphatic rings. The molecule has 1 aliphatic carbocycles. The van der Waals surface area contributed by atoms with Crippen LogP contribution in [0.25, 0.3) is 0 Å². The van der Waals surface area contributed by atoms with Crippen LogP contribution in [0.4, 0.5) is 11.4 Å². The van der Waals surface area contributed by atoms with E-state index in [-0.39, 0.29) is 17.2 Å². The van der Waals surface area contributed by atoms with E-state index in [2.05, 4.69) is 10.2 Å². The van der Waals surface area contributed by atoms with E-state index in [0.29, 0.717) is 19.1 Å². The van der Waals surface area contributed by atoms with Crippen molar-refractivity contribution in [2.24, 2.45) is 0 Å². The van der Waals surface area contributed by atoms with Gasteiger partial charge in [-0.25, -0.2) is 0 Å². The number of hydrogen-bond acceptors (Lipinski definition) is 5. The SMILES string of the molecule is CCNc1ccc([N+](=O)[O-])cc1CN(CCO)C1CCC1. The molecule has 1 aromatic rings. The van der Waals surface area contributed by atoms with Crippen molar-refractivity contribution in [3.8, 4) is 0 Å². The molecule has 1 fully saturated rings. The summed E-state index contributed by atoms with van der Waals surface area (Å²) in [7, 11) is 0. The molecule has 6 nitrogen and oxygen atoms in total. The predicted octanol–water partition coefficient (Wildman–Crippen LogP) is 2.37. The Bertz CT molecular complexity index is 489. The lowest BCUT2D eigenvalue weighted by molar-refractivity contribution is -0.384. The van der Waals surface area contributed by atoms with Gasteiger partial charge in [0.05, 0.1) is 11.5 Å². The van der Waals surface area contributed by atoms with Crippen molar-refractivity contribution in [1.29, 1.82) is 0 Å². The molecule has 0 bridgehead atoms. The van der Waals surface area contributed by atoms with Crippen molar-refractivity contribution in [1.82, 2.24) is 4.90 Å². The molecule has 0 unspecified atom stereocenters. The second-order valence-electron chi connectivity index (χ2n) is 5.41. The Kier molecular flexibility index (Phi) is 5.52. The minimum absolute atomic E-state index is 0.113. The maximum Gasteiger partial charge on any atom is 0.269 e. The van der Waals surface area contributed by atoms with E-state index in [4.69, 9.17) is 0 Å². The molecule has 6 heteroatoms. The lowest BCUT2D eigenvalue weighted by atomic mass is 9.91. The van der Waals surface area contributed by atoms with Gasteiger partial charge in [-0.15, -0.1) is 0 Å². The third kappa shape index (κ3) is 3.92. The number of hydrogen-bond donors (Lipinski definition) is 2. The summed E-state index contributed by atoms with van der Waals surface area (Å²) in [4.78, 5) is 12.8. The summed E-state index contributed by atoms with van der Waals surface area (Å²) < 4.78 is 0. The number of aliphatic hydroxyl groups is 1. The summed E-state index contributed by atoms with van der Waals surface area (Å²) in [6, 6.07) is 5.43. The molecule has 0 saturated heterocycles. The van der Waals surface area contributed by atoms with Crippen molar-refractivity contribution in [2.45, 2.75) is 38.8 Å². The first-order chi connectivity index (χ1) is 10.2. The van der Waals surface area contributed by atoms with E-state index in [1.165, 1.54) is 12.5 Å². The fourth-order valence-electron chi connectivity index (χ4n) is 2.68. The highest BCUT2D eigenvalue weighted by Crippen LogP contribution is 2.29. The first-order valence-corrected chi connectivity index (χ1v) is 7.51. The molecule has 0 heterocycles. The fraction of sp³-hybridized carbons (Fsp3) is 0.600. The number of nitro benzene ring substituents is 1. The van der Waals surface area contributed by atoms with Gasteiger partial charge < -0.3 is 10.4 Å². The second-order valence-corrected chi connectivity index (χ2v) is 5.41. The second kappa shape index (κ2) is 7.38. The first kappa shape index (κ1) is 15.7. The summed E-state index contributed by atoms with van der Waals surface area (Å²) in [5.74, 6) is 0. The molecule has 0 amide bonds. The smallest absolute Gasteiger partial charge is 0.269 e. The Morgan fingerprint density at radius 2 is 2.24 bits per heavy atom. The quantitative estimate of drug-likeness (QED) is 0.568. The highest BCUT2D eigenvalue weighted by molar-refractivity contribution is 5.56. The van der Waals surface area contributed by atoms with Crippen LogP contribution in [-0.4, -0.2) is 40.7 Å². The van der Waals surface area contributed by atoms with Gasteiger partial charge in [0, 0.05) is 43.5 Å². The third-order valence-electron chi connectivity index (χ3n) is 4.02. The van der Waals surface area contributed by atoms with E-state index in [1.807, 2.05) is 6.92 Å². The van der Waals surface area contributed by atoms with Crippen LogP contribution in [-0.2, 0) is 6.54 Å². The average molecular weight is 293 g/mol. The summed E-state index contributed by atoms with van der Waals surface area (Å²) in [5.41, 5.74) is 1.97. The van der Waals surface area contributed by atoms with E-state index in [0.717, 1.165) is 30.6 Å². The summed E-state index contributed by atoms with van der Waals surface area (Å²) in [6.45, 7) is 4.13. The molecule has 1 aromatic carbocycles. The van der Waals surface area contributed by atoms with Gasteiger partial charge in [-0.3, -0.25) is 15.0 Å². The van der Waals surface area contributed by atoms with Crippen molar-refractivity contribution in [3.63, 3.8) is 0 Å². The van der Waals surface area contributed by atoms with Crippen LogP contribution in [0.15, 0.2) is 18.2 Å². The Labute approximate surface area is 124 Å². The number of anilines is 1. The van der Waals surface area contributed by atoms with Gasteiger partial charge in [0.25, 0.3) is 5.69 Å². The van der Waals surface area contributed by atoms with Crippen LogP contribution in [0.5, 0.6) is 0 Å². The van der Waals surface area contributed by atoms with E-state index < -0.39 is 0 Å². The Morgan fingerprint density at radius 3 is 2.76 bits per heavy atom. The molecule has 2 rings (SSSR count). The zero-order valence-electron chi connectivity index (χ0n) is 12.4. The largest absolute Gasteiger partial charge is 0.395 e. The average Bonchev–Trinajstić information content (AvgIpc) is 2.39. The van der Waals surface area contributed by atoms with Gasteiger partial charge in [0.1, 0.15) is 0 Å². The van der Waals surface area contributed by atoms with Crippen LogP contribution >= 0.6 is 0 Å². The maximum atomic E-state index is 11.0.